The highest BCUT2D eigenvalue weighted by atomic mass is 32.2. The number of fused-ring (bicyclic) bond motifs is 4. The number of carbonyl (C=O) groups excluding carboxylic acids is 4. The average molecular weight is 1680 g/mol. The SMILES string of the molecule is CCCCCCCCC(CCCC)CSc1ccc(-c2c3cc(-c4sc(-c5sc(C=C6C(=O)c7ccccc7C6=O)cc5CCCCCC)cc4CC)sc3c(-c3ccc(SCC(CCCC)CCCCCCCC)s3)c3cc(-c4sc(-c5sc(C=C6C(=O)c7ccccc7C6=O)cc5CCCCCC)cc4CC)sc23)s1. The highest BCUT2D eigenvalue weighted by molar-refractivity contribution is 8.01. The molecule has 0 spiro atoms. The molecule has 8 heterocycles. The number of carbonyl (C=O) groups is 4. The van der Waals surface area contributed by atoms with Crippen molar-refractivity contribution in [3.05, 3.63) is 175 Å². The van der Waals surface area contributed by atoms with E-state index in [1.807, 2.05) is 104 Å². The first-order valence-electron chi connectivity index (χ1n) is 42.7. The van der Waals surface area contributed by atoms with Crippen LogP contribution < -0.4 is 0 Å². The van der Waals surface area contributed by atoms with Crippen molar-refractivity contribution < 1.29 is 19.2 Å². The summed E-state index contributed by atoms with van der Waals surface area (Å²) >= 11 is 19.6. The van der Waals surface area contributed by atoms with Gasteiger partial charge < -0.3 is 0 Å². The molecule has 0 saturated heterocycles. The zero-order valence-electron chi connectivity index (χ0n) is 67.5. The van der Waals surface area contributed by atoms with Crippen LogP contribution in [0.4, 0.5) is 0 Å². The van der Waals surface area contributed by atoms with Crippen molar-refractivity contribution in [3.8, 4) is 59.9 Å². The lowest BCUT2D eigenvalue weighted by atomic mass is 9.97. The average Bonchev–Trinajstić information content (AvgIpc) is 1.56. The Balaban J connectivity index is 0.957. The smallest absolute Gasteiger partial charge is 0.197 e. The van der Waals surface area contributed by atoms with E-state index in [1.165, 1.54) is 265 Å². The molecule has 0 saturated carbocycles. The summed E-state index contributed by atoms with van der Waals surface area (Å²) in [5.41, 5.74) is 10.6. The number of hydrogen-bond acceptors (Lipinski definition) is 14. The van der Waals surface area contributed by atoms with Crippen LogP contribution in [-0.4, -0.2) is 34.6 Å². The quantitative estimate of drug-likeness (QED) is 0.0164. The van der Waals surface area contributed by atoms with Crippen LogP contribution >= 0.6 is 114 Å². The molecule has 8 aromatic heterocycles. The van der Waals surface area contributed by atoms with E-state index in [9.17, 15) is 19.2 Å². The van der Waals surface area contributed by atoms with E-state index < -0.39 is 0 Å². The third kappa shape index (κ3) is 20.1. The van der Waals surface area contributed by atoms with Gasteiger partial charge in [0.25, 0.3) is 0 Å². The fourth-order valence-corrected chi connectivity index (χ4v) is 29.2. The van der Waals surface area contributed by atoms with Crippen LogP contribution in [0.2, 0.25) is 0 Å². The molecule has 2 aliphatic rings. The normalized spacial score (nSPS) is 13.5. The minimum Gasteiger partial charge on any atom is -0.288 e. The number of thiophene rings is 8. The molecule has 11 aromatic rings. The van der Waals surface area contributed by atoms with Crippen LogP contribution in [0.3, 0.4) is 0 Å². The van der Waals surface area contributed by atoms with Crippen LogP contribution in [0.5, 0.6) is 0 Å². The molecule has 112 heavy (non-hydrogen) atoms. The number of aryl methyl sites for hydroxylation is 4. The van der Waals surface area contributed by atoms with Crippen LogP contribution in [0, 0.1) is 11.8 Å². The molecule has 0 N–H and O–H groups in total. The van der Waals surface area contributed by atoms with Gasteiger partial charge in [-0.25, -0.2) is 0 Å². The van der Waals surface area contributed by atoms with Crippen molar-refractivity contribution in [2.24, 2.45) is 11.8 Å². The van der Waals surface area contributed by atoms with Gasteiger partial charge in [-0.2, -0.15) is 0 Å². The molecule has 13 rings (SSSR count). The first-order valence-corrected chi connectivity index (χ1v) is 51.2. The number of Topliss-reactive ketones (excluding diaryl/α,β-unsaturated/α-hetero) is 4. The number of benzene rings is 3. The second kappa shape index (κ2) is 41.7. The van der Waals surface area contributed by atoms with E-state index in [0.29, 0.717) is 34.1 Å². The third-order valence-corrected chi connectivity index (χ3v) is 35.6. The van der Waals surface area contributed by atoms with Gasteiger partial charge in [-0.05, 0) is 171 Å². The van der Waals surface area contributed by atoms with Gasteiger partial charge in [0.1, 0.15) is 0 Å². The van der Waals surface area contributed by atoms with Gasteiger partial charge in [0.2, 0.25) is 0 Å². The Morgan fingerprint density at radius 2 is 0.643 bits per heavy atom. The van der Waals surface area contributed by atoms with Crippen LogP contribution in [0.15, 0.2) is 129 Å². The molecule has 590 valence electrons. The summed E-state index contributed by atoms with van der Waals surface area (Å²) in [4.78, 5) is 70.6. The molecule has 0 amide bonds. The molecule has 0 fully saturated rings. The summed E-state index contributed by atoms with van der Waals surface area (Å²) in [5, 5.41) is 2.67. The fourth-order valence-electron chi connectivity index (χ4n) is 16.4. The van der Waals surface area contributed by atoms with Gasteiger partial charge in [-0.3, -0.25) is 19.2 Å². The first kappa shape index (κ1) is 84.6. The van der Waals surface area contributed by atoms with E-state index in [-0.39, 0.29) is 34.3 Å². The molecular formula is C98H114O4S10. The molecule has 0 bridgehead atoms. The van der Waals surface area contributed by atoms with Crippen molar-refractivity contribution in [3.63, 3.8) is 0 Å². The van der Waals surface area contributed by atoms with E-state index in [1.54, 1.807) is 46.9 Å². The Hall–Kier alpha value is -5.36. The minimum atomic E-state index is -0.176. The second-order valence-electron chi connectivity index (χ2n) is 31.2. The zero-order valence-corrected chi connectivity index (χ0v) is 75.6. The summed E-state index contributed by atoms with van der Waals surface area (Å²) in [6.45, 7) is 18.5. The molecule has 4 nitrogen and oxygen atoms in total. The van der Waals surface area contributed by atoms with Crippen molar-refractivity contribution in [1.82, 2.24) is 0 Å². The molecule has 2 atom stereocenters. The summed E-state index contributed by atoms with van der Waals surface area (Å²) < 4.78 is 5.52. The number of unbranched alkanes of at least 4 members (excludes halogenated alkanes) is 18. The lowest BCUT2D eigenvalue weighted by Crippen LogP contribution is -2.04. The van der Waals surface area contributed by atoms with Crippen molar-refractivity contribution in [1.29, 1.82) is 0 Å². The predicted molar refractivity (Wildman–Crippen MR) is 501 cm³/mol. The fraction of sp³-hybridized carbons (Fsp3) is 0.449. The highest BCUT2D eigenvalue weighted by Gasteiger charge is 2.35. The summed E-state index contributed by atoms with van der Waals surface area (Å²) in [6.07, 6.45) is 43.0. The van der Waals surface area contributed by atoms with Gasteiger partial charge in [0.05, 0.1) is 19.6 Å². The second-order valence-corrected chi connectivity index (χ2v) is 42.4. The Morgan fingerprint density at radius 3 is 1.01 bits per heavy atom. The molecule has 0 aliphatic heterocycles. The number of thioether (sulfide) groups is 2. The third-order valence-electron chi connectivity index (χ3n) is 22.8. The Morgan fingerprint density at radius 1 is 0.312 bits per heavy atom. The molecule has 2 aliphatic carbocycles. The van der Waals surface area contributed by atoms with Crippen molar-refractivity contribution >= 4 is 170 Å². The molecular weight excluding hydrogens is 1560 g/mol. The topological polar surface area (TPSA) is 68.3 Å². The zero-order chi connectivity index (χ0) is 78.0. The Kier molecular flexibility index (Phi) is 31.4. The number of ketones is 4. The van der Waals surface area contributed by atoms with Gasteiger partial charge >= 0.3 is 0 Å². The lowest BCUT2D eigenvalue weighted by Gasteiger charge is -2.16. The molecule has 2 unspecified atom stereocenters. The maximum absolute atomic E-state index is 13.9. The first-order chi connectivity index (χ1) is 54.9. The van der Waals surface area contributed by atoms with Crippen molar-refractivity contribution in [2.45, 2.75) is 269 Å². The maximum atomic E-state index is 13.9. The predicted octanol–water partition coefficient (Wildman–Crippen LogP) is 34.1. The summed E-state index contributed by atoms with van der Waals surface area (Å²) in [5.74, 6) is 3.03. The Bertz CT molecular complexity index is 4650. The summed E-state index contributed by atoms with van der Waals surface area (Å²) in [6, 6.07) is 39.1. The van der Waals surface area contributed by atoms with E-state index in [2.05, 4.69) is 140 Å². The van der Waals surface area contributed by atoms with E-state index in [0.717, 1.165) is 72.6 Å². The van der Waals surface area contributed by atoms with Crippen molar-refractivity contribution in [2.75, 3.05) is 11.5 Å². The minimum absolute atomic E-state index is 0.176. The highest BCUT2D eigenvalue weighted by Crippen LogP contribution is 2.58. The van der Waals surface area contributed by atoms with Crippen LogP contribution in [0.25, 0.3) is 92.2 Å². The lowest BCUT2D eigenvalue weighted by molar-refractivity contribution is 0.0975. The Labute approximate surface area is 709 Å². The van der Waals surface area contributed by atoms with Gasteiger partial charge in [-0.15, -0.1) is 114 Å². The molecule has 0 radical (unpaired) electrons. The van der Waals surface area contributed by atoms with E-state index in [4.69, 9.17) is 0 Å². The van der Waals surface area contributed by atoms with Gasteiger partial charge in [-0.1, -0.05) is 245 Å². The monoisotopic (exact) mass is 1670 g/mol. The van der Waals surface area contributed by atoms with Crippen LogP contribution in [0.1, 0.15) is 309 Å². The number of hydrogen-bond donors (Lipinski definition) is 0. The van der Waals surface area contributed by atoms with Crippen LogP contribution in [-0.2, 0) is 25.7 Å². The summed E-state index contributed by atoms with van der Waals surface area (Å²) in [7, 11) is 0. The van der Waals surface area contributed by atoms with Gasteiger partial charge in [0.15, 0.2) is 23.1 Å². The van der Waals surface area contributed by atoms with Gasteiger partial charge in [0, 0.05) is 124 Å². The number of rotatable bonds is 46. The largest absolute Gasteiger partial charge is 0.288 e. The molecule has 14 heteroatoms. The molecule has 3 aromatic carbocycles. The number of allylic oxidation sites excluding steroid dienone is 2. The maximum Gasteiger partial charge on any atom is 0.197 e. The van der Waals surface area contributed by atoms with E-state index >= 15 is 0 Å². The standard InChI is InChI=1S/C98H114O4S10/c1-9-17-23-27-29-31-41-63(39-21-13-5)61-103-85-51-49-79(107-85)87-75-59-83(93-65(15-7)55-81(109-93)95-67(43-33-25-19-11-3)53-69(105-95)57-77-89(99)71-45-35-36-46-72(71)90(77)100)112-98(75)88(80-50-52-86(108-80)104-62-64(40-22-14-6)42-32-30-28-24-18-10-2)76-60-84(111-97(76)87)94-66(16-8)56-82(110-94)96-68(44-34-26-20-12-4)54-70(106-96)58-78-91(101)73-47-37-38-48-74(73)92(78)102/h35-38,45-60,63-64H,9-34,39-44,61-62H2,1-8H3.